The first-order valence-corrected chi connectivity index (χ1v) is 7.57. The molecule has 1 aromatic carbocycles. The Labute approximate surface area is 127 Å². The molecule has 0 bridgehead atoms. The van der Waals surface area contributed by atoms with E-state index in [-0.39, 0.29) is 18.7 Å². The normalized spacial score (nSPS) is 15.6. The van der Waals surface area contributed by atoms with Gasteiger partial charge in [-0.1, -0.05) is 6.42 Å². The Kier molecular flexibility index (Phi) is 4.42. The third kappa shape index (κ3) is 3.67. The molecule has 22 heavy (non-hydrogen) atoms. The highest BCUT2D eigenvalue weighted by Crippen LogP contribution is 2.21. The first kappa shape index (κ1) is 14.6. The summed E-state index contributed by atoms with van der Waals surface area (Å²) in [5.41, 5.74) is 0.0204. The Hall–Kier alpha value is -2.30. The third-order valence-electron chi connectivity index (χ3n) is 3.80. The zero-order chi connectivity index (χ0) is 15.4. The van der Waals surface area contributed by atoms with Crippen molar-refractivity contribution in [2.24, 2.45) is 0 Å². The number of hydrogen-bond donors (Lipinski definition) is 0. The summed E-state index contributed by atoms with van der Waals surface area (Å²) in [6.45, 7) is -0.140. The first-order valence-electron chi connectivity index (χ1n) is 7.57. The zero-order valence-corrected chi connectivity index (χ0v) is 12.2. The van der Waals surface area contributed by atoms with Crippen molar-refractivity contribution in [1.82, 2.24) is 0 Å². The minimum atomic E-state index is -0.415. The summed E-state index contributed by atoms with van der Waals surface area (Å²) in [5, 5.41) is 0.803. The van der Waals surface area contributed by atoms with Gasteiger partial charge in [-0.2, -0.15) is 0 Å². The lowest BCUT2D eigenvalue weighted by Gasteiger charge is -2.21. The van der Waals surface area contributed by atoms with E-state index < -0.39 is 5.63 Å². The molecule has 0 saturated heterocycles. The predicted octanol–water partition coefficient (Wildman–Crippen LogP) is 3.05. The van der Waals surface area contributed by atoms with Crippen LogP contribution in [0.2, 0.25) is 0 Å². The first-order chi connectivity index (χ1) is 10.7. The Morgan fingerprint density at radius 2 is 1.91 bits per heavy atom. The molecule has 0 radical (unpaired) electrons. The maximum atomic E-state index is 11.8. The monoisotopic (exact) mass is 302 g/mol. The molecule has 116 valence electrons. The zero-order valence-electron chi connectivity index (χ0n) is 12.2. The molecular formula is C17H18O5. The van der Waals surface area contributed by atoms with Crippen molar-refractivity contribution in [3.63, 3.8) is 0 Å². The number of carbonyl (C=O) groups is 1. The maximum Gasteiger partial charge on any atom is 0.344 e. The van der Waals surface area contributed by atoms with E-state index >= 15 is 0 Å². The Morgan fingerprint density at radius 3 is 2.73 bits per heavy atom. The molecule has 5 heteroatoms. The van der Waals surface area contributed by atoms with Gasteiger partial charge in [0.15, 0.2) is 6.61 Å². The van der Waals surface area contributed by atoms with Crippen molar-refractivity contribution < 1.29 is 18.7 Å². The number of ether oxygens (including phenoxy) is 2. The second-order valence-corrected chi connectivity index (χ2v) is 5.49. The highest BCUT2D eigenvalue weighted by Gasteiger charge is 2.17. The molecule has 1 saturated carbocycles. The molecule has 1 aliphatic rings. The van der Waals surface area contributed by atoms with E-state index in [4.69, 9.17) is 13.9 Å². The minimum Gasteiger partial charge on any atom is -0.482 e. The van der Waals surface area contributed by atoms with Gasteiger partial charge < -0.3 is 13.9 Å². The van der Waals surface area contributed by atoms with Crippen molar-refractivity contribution in [3.8, 4) is 5.75 Å². The SMILES string of the molecule is O=C(COc1ccc2ccc(=O)oc2c1)OC1CCCCC1. The highest BCUT2D eigenvalue weighted by molar-refractivity contribution is 5.78. The molecule has 1 heterocycles. The van der Waals surface area contributed by atoms with Gasteiger partial charge in [-0.25, -0.2) is 9.59 Å². The number of esters is 1. The Bertz CT molecular complexity index is 712. The summed E-state index contributed by atoms with van der Waals surface area (Å²) in [5.74, 6) is 0.115. The van der Waals surface area contributed by atoms with E-state index in [0.717, 1.165) is 31.1 Å². The van der Waals surface area contributed by atoms with Gasteiger partial charge in [0.25, 0.3) is 0 Å². The molecule has 1 fully saturated rings. The molecule has 0 unspecified atom stereocenters. The lowest BCUT2D eigenvalue weighted by Crippen LogP contribution is -2.24. The van der Waals surface area contributed by atoms with Crippen LogP contribution in [0.5, 0.6) is 5.75 Å². The minimum absolute atomic E-state index is 0.0273. The van der Waals surface area contributed by atoms with E-state index in [1.807, 2.05) is 0 Å². The van der Waals surface area contributed by atoms with Gasteiger partial charge in [0, 0.05) is 17.5 Å². The smallest absolute Gasteiger partial charge is 0.344 e. The van der Waals surface area contributed by atoms with Crippen LogP contribution in [0.4, 0.5) is 0 Å². The summed E-state index contributed by atoms with van der Waals surface area (Å²) in [6.07, 6.45) is 5.34. The second-order valence-electron chi connectivity index (χ2n) is 5.49. The van der Waals surface area contributed by atoms with Crippen LogP contribution < -0.4 is 10.4 Å². The van der Waals surface area contributed by atoms with E-state index in [2.05, 4.69) is 0 Å². The number of rotatable bonds is 4. The van der Waals surface area contributed by atoms with Gasteiger partial charge in [0.05, 0.1) is 0 Å². The molecule has 1 aliphatic carbocycles. The molecule has 0 N–H and O–H groups in total. The third-order valence-corrected chi connectivity index (χ3v) is 3.80. The largest absolute Gasteiger partial charge is 0.482 e. The number of hydrogen-bond acceptors (Lipinski definition) is 5. The molecule has 0 atom stereocenters. The summed E-state index contributed by atoms with van der Waals surface area (Å²) < 4.78 is 15.9. The quantitative estimate of drug-likeness (QED) is 0.641. The average molecular weight is 302 g/mol. The van der Waals surface area contributed by atoms with E-state index in [0.29, 0.717) is 11.3 Å². The fourth-order valence-electron chi connectivity index (χ4n) is 2.68. The van der Waals surface area contributed by atoms with E-state index in [9.17, 15) is 9.59 Å². The lowest BCUT2D eigenvalue weighted by atomic mass is 9.98. The number of fused-ring (bicyclic) bond motifs is 1. The van der Waals surface area contributed by atoms with Crippen LogP contribution in [-0.4, -0.2) is 18.7 Å². The maximum absolute atomic E-state index is 11.8. The molecule has 0 aliphatic heterocycles. The van der Waals surface area contributed by atoms with Crippen LogP contribution in [0.1, 0.15) is 32.1 Å². The highest BCUT2D eigenvalue weighted by atomic mass is 16.6. The topological polar surface area (TPSA) is 65.7 Å². The molecule has 1 aromatic heterocycles. The van der Waals surface area contributed by atoms with Gasteiger partial charge in [-0.3, -0.25) is 0 Å². The van der Waals surface area contributed by atoms with Crippen molar-refractivity contribution in [1.29, 1.82) is 0 Å². The Balaban J connectivity index is 1.58. The summed E-state index contributed by atoms with van der Waals surface area (Å²) in [6, 6.07) is 8.16. The van der Waals surface area contributed by atoms with Crippen LogP contribution in [0.15, 0.2) is 39.5 Å². The summed E-state index contributed by atoms with van der Waals surface area (Å²) in [4.78, 5) is 23.0. The molecular weight excluding hydrogens is 284 g/mol. The predicted molar refractivity (Wildman–Crippen MR) is 80.9 cm³/mol. The lowest BCUT2D eigenvalue weighted by molar-refractivity contribution is -0.152. The molecule has 0 amide bonds. The average Bonchev–Trinajstić information content (AvgIpc) is 2.53. The van der Waals surface area contributed by atoms with Gasteiger partial charge in [-0.15, -0.1) is 0 Å². The number of carbonyl (C=O) groups excluding carboxylic acids is 1. The van der Waals surface area contributed by atoms with Gasteiger partial charge in [0.1, 0.15) is 17.4 Å². The number of benzene rings is 1. The standard InChI is InChI=1S/C17H18O5/c18-16-9-7-12-6-8-14(10-15(12)22-16)20-11-17(19)21-13-4-2-1-3-5-13/h6-10,13H,1-5,11H2. The molecule has 2 aromatic rings. The summed E-state index contributed by atoms with van der Waals surface area (Å²) >= 11 is 0. The van der Waals surface area contributed by atoms with Crippen LogP contribution in [0, 0.1) is 0 Å². The fourth-order valence-corrected chi connectivity index (χ4v) is 2.68. The van der Waals surface area contributed by atoms with E-state index in [1.165, 1.54) is 12.5 Å². The van der Waals surface area contributed by atoms with Crippen molar-refractivity contribution in [2.75, 3.05) is 6.61 Å². The Morgan fingerprint density at radius 1 is 1.14 bits per heavy atom. The molecule has 5 nitrogen and oxygen atoms in total. The summed E-state index contributed by atoms with van der Waals surface area (Å²) in [7, 11) is 0. The van der Waals surface area contributed by atoms with Crippen LogP contribution >= 0.6 is 0 Å². The molecule has 3 rings (SSSR count). The second kappa shape index (κ2) is 6.64. The molecule has 0 spiro atoms. The fraction of sp³-hybridized carbons (Fsp3) is 0.412. The van der Waals surface area contributed by atoms with Crippen molar-refractivity contribution in [3.05, 3.63) is 40.8 Å². The van der Waals surface area contributed by atoms with Crippen LogP contribution in [0.3, 0.4) is 0 Å². The van der Waals surface area contributed by atoms with Gasteiger partial charge >= 0.3 is 11.6 Å². The van der Waals surface area contributed by atoms with Crippen LogP contribution in [-0.2, 0) is 9.53 Å². The van der Waals surface area contributed by atoms with Crippen molar-refractivity contribution >= 4 is 16.9 Å². The van der Waals surface area contributed by atoms with Gasteiger partial charge in [-0.05, 0) is 43.9 Å². The van der Waals surface area contributed by atoms with Gasteiger partial charge in [0.2, 0.25) is 0 Å². The van der Waals surface area contributed by atoms with E-state index in [1.54, 1.807) is 24.3 Å². The van der Waals surface area contributed by atoms with Crippen LogP contribution in [0.25, 0.3) is 11.0 Å². The van der Waals surface area contributed by atoms with Crippen molar-refractivity contribution in [2.45, 2.75) is 38.2 Å².